The Morgan fingerprint density at radius 1 is 1.05 bits per heavy atom. The van der Waals surface area contributed by atoms with Crippen LogP contribution < -0.4 is 5.73 Å². The predicted molar refractivity (Wildman–Crippen MR) is 82.4 cm³/mol. The largest absolute Gasteiger partial charge is 0.320 e. The van der Waals surface area contributed by atoms with Crippen molar-refractivity contribution in [2.75, 3.05) is 0 Å². The monoisotopic (exact) mass is 253 g/mol. The summed E-state index contributed by atoms with van der Waals surface area (Å²) in [5.41, 5.74) is 12.9. The van der Waals surface area contributed by atoms with E-state index in [-0.39, 0.29) is 6.04 Å². The zero-order valence-electron chi connectivity index (χ0n) is 12.1. The van der Waals surface area contributed by atoms with Crippen LogP contribution in [0.3, 0.4) is 0 Å². The van der Waals surface area contributed by atoms with E-state index in [0.29, 0.717) is 0 Å². The highest BCUT2D eigenvalue weighted by Crippen LogP contribution is 2.25. The molecule has 1 nitrogen and oxygen atoms in total. The average Bonchev–Trinajstić information content (AvgIpc) is 2.42. The van der Waals surface area contributed by atoms with Gasteiger partial charge in [0.15, 0.2) is 0 Å². The van der Waals surface area contributed by atoms with Gasteiger partial charge in [-0.1, -0.05) is 55.8 Å². The van der Waals surface area contributed by atoms with Crippen LogP contribution in [0, 0.1) is 13.8 Å². The molecule has 0 radical (unpaired) electrons. The Morgan fingerprint density at radius 2 is 1.79 bits per heavy atom. The third kappa shape index (κ3) is 3.05. The van der Waals surface area contributed by atoms with Gasteiger partial charge in [0, 0.05) is 0 Å². The number of hydrogen-bond donors (Lipinski definition) is 1. The molecule has 1 atom stereocenters. The van der Waals surface area contributed by atoms with Crippen LogP contribution in [0.5, 0.6) is 0 Å². The lowest BCUT2D eigenvalue weighted by atomic mass is 9.92. The van der Waals surface area contributed by atoms with Gasteiger partial charge in [-0.2, -0.15) is 0 Å². The Hall–Kier alpha value is -1.60. The first-order valence-corrected chi connectivity index (χ1v) is 7.04. The first kappa shape index (κ1) is 13.8. The summed E-state index contributed by atoms with van der Waals surface area (Å²) in [6.45, 7) is 6.50. The Labute approximate surface area is 116 Å². The maximum absolute atomic E-state index is 6.45. The van der Waals surface area contributed by atoms with Gasteiger partial charge >= 0.3 is 0 Å². The van der Waals surface area contributed by atoms with Crippen LogP contribution >= 0.6 is 0 Å². The summed E-state index contributed by atoms with van der Waals surface area (Å²) >= 11 is 0. The van der Waals surface area contributed by atoms with Crippen LogP contribution in [0.25, 0.3) is 0 Å². The summed E-state index contributed by atoms with van der Waals surface area (Å²) in [4.78, 5) is 0. The van der Waals surface area contributed by atoms with Gasteiger partial charge in [-0.05, 0) is 48.1 Å². The summed E-state index contributed by atoms with van der Waals surface area (Å²) in [6.07, 6.45) is 2.29. The fraction of sp³-hybridized carbons (Fsp3) is 0.333. The van der Waals surface area contributed by atoms with Gasteiger partial charge in [-0.15, -0.1) is 0 Å². The zero-order valence-corrected chi connectivity index (χ0v) is 12.1. The molecule has 0 heterocycles. The first-order chi connectivity index (χ1) is 9.13. The molecule has 2 rings (SSSR count). The third-order valence-corrected chi connectivity index (χ3v) is 3.83. The molecule has 0 fully saturated rings. The van der Waals surface area contributed by atoms with E-state index in [9.17, 15) is 0 Å². The van der Waals surface area contributed by atoms with Crippen molar-refractivity contribution in [2.45, 2.75) is 39.7 Å². The molecule has 100 valence electrons. The highest BCUT2D eigenvalue weighted by Gasteiger charge is 2.12. The molecule has 0 spiro atoms. The van der Waals surface area contributed by atoms with Crippen LogP contribution in [-0.2, 0) is 6.42 Å². The molecule has 0 saturated heterocycles. The van der Waals surface area contributed by atoms with Crippen molar-refractivity contribution in [3.63, 3.8) is 0 Å². The Kier molecular flexibility index (Phi) is 4.39. The summed E-state index contributed by atoms with van der Waals surface area (Å²) in [5.74, 6) is 0. The number of benzene rings is 2. The van der Waals surface area contributed by atoms with E-state index in [4.69, 9.17) is 5.73 Å². The van der Waals surface area contributed by atoms with Crippen molar-refractivity contribution in [3.05, 3.63) is 70.3 Å². The second-order valence-electron chi connectivity index (χ2n) is 5.26. The quantitative estimate of drug-likeness (QED) is 0.863. The molecule has 0 aromatic heterocycles. The highest BCUT2D eigenvalue weighted by atomic mass is 14.6. The van der Waals surface area contributed by atoms with E-state index >= 15 is 0 Å². The van der Waals surface area contributed by atoms with E-state index in [0.717, 1.165) is 6.42 Å². The zero-order chi connectivity index (χ0) is 13.8. The van der Waals surface area contributed by atoms with Crippen molar-refractivity contribution in [1.82, 2.24) is 0 Å². The van der Waals surface area contributed by atoms with Crippen molar-refractivity contribution < 1.29 is 0 Å². The average molecular weight is 253 g/mol. The molecule has 2 N–H and O–H groups in total. The van der Waals surface area contributed by atoms with Gasteiger partial charge in [0.25, 0.3) is 0 Å². The minimum Gasteiger partial charge on any atom is -0.320 e. The SMILES string of the molecule is CCCc1cccc(C(N)c2cccc(C)c2C)c1. The van der Waals surface area contributed by atoms with E-state index in [2.05, 4.69) is 63.2 Å². The molecule has 2 aromatic rings. The van der Waals surface area contributed by atoms with Crippen LogP contribution in [0.1, 0.15) is 47.2 Å². The lowest BCUT2D eigenvalue weighted by Crippen LogP contribution is -2.14. The van der Waals surface area contributed by atoms with Gasteiger partial charge in [0.1, 0.15) is 0 Å². The van der Waals surface area contributed by atoms with Gasteiger partial charge in [-0.25, -0.2) is 0 Å². The Bertz CT molecular complexity index is 557. The summed E-state index contributed by atoms with van der Waals surface area (Å²) < 4.78 is 0. The summed E-state index contributed by atoms with van der Waals surface area (Å²) in [7, 11) is 0. The van der Waals surface area contributed by atoms with Gasteiger partial charge < -0.3 is 5.73 Å². The molecule has 0 amide bonds. The fourth-order valence-electron chi connectivity index (χ4n) is 2.52. The number of nitrogens with two attached hydrogens (primary N) is 1. The second kappa shape index (κ2) is 6.03. The standard InChI is InChI=1S/C18H23N/c1-4-7-15-9-6-10-16(12-15)18(19)17-11-5-8-13(2)14(17)3/h5-6,8-12,18H,4,7,19H2,1-3H3. The number of rotatable bonds is 4. The van der Waals surface area contributed by atoms with Crippen molar-refractivity contribution in [2.24, 2.45) is 5.73 Å². The van der Waals surface area contributed by atoms with Crippen LogP contribution in [0.4, 0.5) is 0 Å². The lowest BCUT2D eigenvalue weighted by molar-refractivity contribution is 0.848. The first-order valence-electron chi connectivity index (χ1n) is 7.04. The van der Waals surface area contributed by atoms with Crippen molar-refractivity contribution >= 4 is 0 Å². The fourth-order valence-corrected chi connectivity index (χ4v) is 2.52. The molecule has 0 saturated carbocycles. The van der Waals surface area contributed by atoms with Gasteiger partial charge in [0.2, 0.25) is 0 Å². The molecule has 1 heteroatoms. The lowest BCUT2D eigenvalue weighted by Gasteiger charge is -2.17. The Morgan fingerprint density at radius 3 is 2.53 bits per heavy atom. The van der Waals surface area contributed by atoms with Gasteiger partial charge in [-0.3, -0.25) is 0 Å². The molecule has 0 aliphatic carbocycles. The topological polar surface area (TPSA) is 26.0 Å². The van der Waals surface area contributed by atoms with E-state index in [1.165, 1.54) is 34.2 Å². The molecular weight excluding hydrogens is 230 g/mol. The normalized spacial score (nSPS) is 12.4. The van der Waals surface area contributed by atoms with Crippen molar-refractivity contribution in [1.29, 1.82) is 0 Å². The van der Waals surface area contributed by atoms with E-state index in [1.54, 1.807) is 0 Å². The molecule has 2 aromatic carbocycles. The molecule has 0 bridgehead atoms. The van der Waals surface area contributed by atoms with Crippen molar-refractivity contribution in [3.8, 4) is 0 Å². The van der Waals surface area contributed by atoms with E-state index in [1.807, 2.05) is 0 Å². The van der Waals surface area contributed by atoms with Crippen LogP contribution in [-0.4, -0.2) is 0 Å². The molecule has 0 aliphatic rings. The predicted octanol–water partition coefficient (Wildman–Crippen LogP) is 4.30. The highest BCUT2D eigenvalue weighted by molar-refractivity contribution is 5.41. The Balaban J connectivity index is 2.35. The molecule has 19 heavy (non-hydrogen) atoms. The summed E-state index contributed by atoms with van der Waals surface area (Å²) in [6, 6.07) is 15.0. The smallest absolute Gasteiger partial charge is 0.0554 e. The maximum atomic E-state index is 6.45. The van der Waals surface area contributed by atoms with Gasteiger partial charge in [0.05, 0.1) is 6.04 Å². The second-order valence-corrected chi connectivity index (χ2v) is 5.26. The molecule has 1 unspecified atom stereocenters. The summed E-state index contributed by atoms with van der Waals surface area (Å²) in [5, 5.41) is 0. The molecule has 0 aliphatic heterocycles. The minimum absolute atomic E-state index is 0.0308. The maximum Gasteiger partial charge on any atom is 0.0554 e. The van der Waals surface area contributed by atoms with Crippen LogP contribution in [0.2, 0.25) is 0 Å². The number of hydrogen-bond acceptors (Lipinski definition) is 1. The van der Waals surface area contributed by atoms with Crippen LogP contribution in [0.15, 0.2) is 42.5 Å². The minimum atomic E-state index is -0.0308. The third-order valence-electron chi connectivity index (χ3n) is 3.83. The molecular formula is C18H23N. The van der Waals surface area contributed by atoms with E-state index < -0.39 is 0 Å². The number of aryl methyl sites for hydroxylation is 2.